The van der Waals surface area contributed by atoms with Crippen molar-refractivity contribution < 1.29 is 29.0 Å². The van der Waals surface area contributed by atoms with E-state index >= 15 is 0 Å². The average molecular weight is 320 g/mol. The highest BCUT2D eigenvalue weighted by Crippen LogP contribution is 2.51. The van der Waals surface area contributed by atoms with Gasteiger partial charge in [0.2, 0.25) is 0 Å². The third-order valence-corrected chi connectivity index (χ3v) is 5.18. The van der Waals surface area contributed by atoms with Crippen molar-refractivity contribution in [1.82, 2.24) is 0 Å². The third-order valence-electron chi connectivity index (χ3n) is 5.18. The van der Waals surface area contributed by atoms with Crippen LogP contribution in [-0.4, -0.2) is 40.6 Å². The van der Waals surface area contributed by atoms with Crippen LogP contribution in [0.5, 0.6) is 0 Å². The van der Waals surface area contributed by atoms with Gasteiger partial charge in [0.15, 0.2) is 5.78 Å². The van der Waals surface area contributed by atoms with E-state index in [4.69, 9.17) is 9.47 Å². The number of carbonyl (C=O) groups excluding carboxylic acids is 3. The molecule has 0 unspecified atom stereocenters. The fourth-order valence-corrected chi connectivity index (χ4v) is 4.32. The van der Waals surface area contributed by atoms with E-state index in [2.05, 4.69) is 6.58 Å². The lowest BCUT2D eigenvalue weighted by Gasteiger charge is -2.33. The van der Waals surface area contributed by atoms with Crippen molar-refractivity contribution in [3.8, 4) is 0 Å². The summed E-state index contributed by atoms with van der Waals surface area (Å²) in [5.41, 5.74) is -0.376. The maximum atomic E-state index is 12.4. The first-order valence-electron chi connectivity index (χ1n) is 7.65. The summed E-state index contributed by atoms with van der Waals surface area (Å²) in [5, 5.41) is 10.9. The molecule has 1 aliphatic heterocycles. The number of ketones is 1. The molecule has 1 N–H and O–H groups in total. The van der Waals surface area contributed by atoms with Crippen LogP contribution in [0.4, 0.5) is 0 Å². The van der Waals surface area contributed by atoms with Crippen molar-refractivity contribution in [2.24, 2.45) is 17.8 Å². The Labute approximate surface area is 134 Å². The molecule has 6 atom stereocenters. The number of hydrogen-bond acceptors (Lipinski definition) is 6. The molecule has 0 amide bonds. The molecule has 1 saturated carbocycles. The van der Waals surface area contributed by atoms with Crippen molar-refractivity contribution in [1.29, 1.82) is 0 Å². The summed E-state index contributed by atoms with van der Waals surface area (Å²) in [4.78, 5) is 35.8. The van der Waals surface area contributed by atoms with E-state index in [1.54, 1.807) is 13.8 Å². The number of rotatable bonds is 1. The van der Waals surface area contributed by atoms with Crippen LogP contribution >= 0.6 is 0 Å². The van der Waals surface area contributed by atoms with E-state index in [1.165, 1.54) is 13.0 Å². The van der Waals surface area contributed by atoms with Crippen LogP contribution in [0.15, 0.2) is 23.8 Å². The molecule has 6 heteroatoms. The highest BCUT2D eigenvalue weighted by atomic mass is 16.6. The van der Waals surface area contributed by atoms with Crippen LogP contribution in [0.3, 0.4) is 0 Å². The normalized spacial score (nSPS) is 42.5. The van der Waals surface area contributed by atoms with Gasteiger partial charge in [-0.1, -0.05) is 12.2 Å². The first-order chi connectivity index (χ1) is 10.6. The molecular weight excluding hydrogens is 300 g/mol. The second-order valence-electron chi connectivity index (χ2n) is 6.92. The number of fused-ring (bicyclic) bond motifs is 3. The van der Waals surface area contributed by atoms with Crippen LogP contribution in [0.2, 0.25) is 0 Å². The Bertz CT molecular complexity index is 643. The van der Waals surface area contributed by atoms with E-state index in [9.17, 15) is 19.5 Å². The quantitative estimate of drug-likeness (QED) is 0.571. The molecule has 2 fully saturated rings. The molecule has 2 aliphatic carbocycles. The molecule has 124 valence electrons. The Balaban J connectivity index is 2.10. The Morgan fingerprint density at radius 1 is 1.43 bits per heavy atom. The molecule has 1 saturated heterocycles. The standard InChI is InChI=1S/C17H20O6/c1-7-5-10(19)14-12(7)15-13(8(2)16(20)23-15)11(22-9(3)18)6-17(14,4)21/h5,11-15,21H,2,6H2,1,3-4H3/t11-,12-,13+,14+,15+,17-/m0/s1. The molecule has 0 radical (unpaired) electrons. The van der Waals surface area contributed by atoms with Crippen molar-refractivity contribution in [2.75, 3.05) is 0 Å². The minimum atomic E-state index is -1.37. The lowest BCUT2D eigenvalue weighted by atomic mass is 9.76. The maximum Gasteiger partial charge on any atom is 0.334 e. The Kier molecular flexibility index (Phi) is 3.48. The van der Waals surface area contributed by atoms with E-state index in [-0.39, 0.29) is 17.8 Å². The fraction of sp³-hybridized carbons (Fsp3) is 0.588. The first-order valence-corrected chi connectivity index (χ1v) is 7.65. The Morgan fingerprint density at radius 2 is 2.09 bits per heavy atom. The van der Waals surface area contributed by atoms with Gasteiger partial charge in [-0.2, -0.15) is 0 Å². The lowest BCUT2D eigenvalue weighted by molar-refractivity contribution is -0.152. The van der Waals surface area contributed by atoms with Gasteiger partial charge in [-0.15, -0.1) is 0 Å². The first kappa shape index (κ1) is 15.9. The molecule has 0 bridgehead atoms. The zero-order valence-corrected chi connectivity index (χ0v) is 13.4. The molecule has 0 spiro atoms. The minimum absolute atomic E-state index is 0.0530. The van der Waals surface area contributed by atoms with Gasteiger partial charge in [0.1, 0.15) is 12.2 Å². The minimum Gasteiger partial charge on any atom is -0.462 e. The van der Waals surface area contributed by atoms with Crippen molar-refractivity contribution in [3.63, 3.8) is 0 Å². The average Bonchev–Trinajstić information content (AvgIpc) is 2.82. The number of allylic oxidation sites excluding steroid dienone is 1. The van der Waals surface area contributed by atoms with Crippen molar-refractivity contribution in [3.05, 3.63) is 23.8 Å². The van der Waals surface area contributed by atoms with E-state index < -0.39 is 47.5 Å². The molecule has 3 aliphatic rings. The number of carbonyl (C=O) groups is 3. The molecule has 0 aromatic heterocycles. The molecule has 3 rings (SSSR count). The van der Waals surface area contributed by atoms with Crippen LogP contribution in [0.25, 0.3) is 0 Å². The lowest BCUT2D eigenvalue weighted by Crippen LogP contribution is -2.43. The molecule has 6 nitrogen and oxygen atoms in total. The molecule has 0 aromatic carbocycles. The summed E-state index contributed by atoms with van der Waals surface area (Å²) in [5.74, 6) is -2.93. The van der Waals surface area contributed by atoms with E-state index in [1.807, 2.05) is 0 Å². The highest BCUT2D eigenvalue weighted by Gasteiger charge is 2.60. The SMILES string of the molecule is C=C1C(=O)O[C@@H]2[C@H]3C(C)=CC(=O)[C@H]3[C@@](C)(O)C[C@H](OC(C)=O)[C@@H]12. The summed E-state index contributed by atoms with van der Waals surface area (Å²) < 4.78 is 10.8. The monoisotopic (exact) mass is 320 g/mol. The number of aliphatic hydroxyl groups is 1. The second-order valence-corrected chi connectivity index (χ2v) is 6.92. The van der Waals surface area contributed by atoms with Gasteiger partial charge in [0.25, 0.3) is 0 Å². The number of esters is 2. The van der Waals surface area contributed by atoms with Crippen molar-refractivity contribution in [2.45, 2.75) is 45.0 Å². The smallest absolute Gasteiger partial charge is 0.334 e. The fourth-order valence-electron chi connectivity index (χ4n) is 4.32. The van der Waals surface area contributed by atoms with Gasteiger partial charge in [0, 0.05) is 24.8 Å². The van der Waals surface area contributed by atoms with Gasteiger partial charge in [0.05, 0.1) is 17.4 Å². The third kappa shape index (κ3) is 2.32. The van der Waals surface area contributed by atoms with Crippen LogP contribution in [0.1, 0.15) is 27.2 Å². The summed E-state index contributed by atoms with van der Waals surface area (Å²) in [6.07, 6.45) is 0.151. The van der Waals surface area contributed by atoms with Gasteiger partial charge < -0.3 is 14.6 Å². The Hall–Kier alpha value is -1.95. The zero-order chi connectivity index (χ0) is 17.1. The van der Waals surface area contributed by atoms with Crippen molar-refractivity contribution >= 4 is 17.7 Å². The predicted octanol–water partition coefficient (Wildman–Crippen LogP) is 0.932. The van der Waals surface area contributed by atoms with Gasteiger partial charge in [-0.3, -0.25) is 9.59 Å². The van der Waals surface area contributed by atoms with E-state index in [0.717, 1.165) is 5.57 Å². The molecule has 23 heavy (non-hydrogen) atoms. The Morgan fingerprint density at radius 3 is 2.70 bits per heavy atom. The largest absolute Gasteiger partial charge is 0.462 e. The summed E-state index contributed by atoms with van der Waals surface area (Å²) in [6, 6.07) is 0. The number of hydrogen-bond donors (Lipinski definition) is 1. The van der Waals surface area contributed by atoms with Gasteiger partial charge in [-0.05, 0) is 19.9 Å². The molecular formula is C17H20O6. The summed E-state index contributed by atoms with van der Waals surface area (Å²) in [7, 11) is 0. The second kappa shape index (κ2) is 5.03. The van der Waals surface area contributed by atoms with Crippen LogP contribution in [-0.2, 0) is 23.9 Å². The maximum absolute atomic E-state index is 12.4. The molecule has 0 aromatic rings. The topological polar surface area (TPSA) is 89.9 Å². The zero-order valence-electron chi connectivity index (χ0n) is 13.4. The van der Waals surface area contributed by atoms with Crippen LogP contribution in [0, 0.1) is 17.8 Å². The van der Waals surface area contributed by atoms with E-state index in [0.29, 0.717) is 0 Å². The van der Waals surface area contributed by atoms with Gasteiger partial charge >= 0.3 is 11.9 Å². The summed E-state index contributed by atoms with van der Waals surface area (Å²) >= 11 is 0. The van der Waals surface area contributed by atoms with Crippen LogP contribution < -0.4 is 0 Å². The highest BCUT2D eigenvalue weighted by molar-refractivity contribution is 5.97. The number of ether oxygens (including phenoxy) is 2. The summed E-state index contributed by atoms with van der Waals surface area (Å²) in [6.45, 7) is 8.40. The predicted molar refractivity (Wildman–Crippen MR) is 79.0 cm³/mol. The molecule has 1 heterocycles. The van der Waals surface area contributed by atoms with Gasteiger partial charge in [-0.25, -0.2) is 4.79 Å².